The zero-order valence-corrected chi connectivity index (χ0v) is 15.5. The van der Waals surface area contributed by atoms with Crippen molar-refractivity contribution in [2.45, 2.75) is 29.5 Å². The molecule has 3 rings (SSSR count). The zero-order valence-electron chi connectivity index (χ0n) is 13.9. The lowest BCUT2D eigenvalue weighted by Crippen LogP contribution is -2.44. The predicted octanol–water partition coefficient (Wildman–Crippen LogP) is 3.72. The molecule has 1 aliphatic rings. The maximum absolute atomic E-state index is 12.6. The summed E-state index contributed by atoms with van der Waals surface area (Å²) in [5.41, 5.74) is -6.02. The van der Waals surface area contributed by atoms with Crippen LogP contribution >= 0.6 is 11.8 Å². The van der Waals surface area contributed by atoms with Gasteiger partial charge >= 0.3 is 15.6 Å². The van der Waals surface area contributed by atoms with Crippen molar-refractivity contribution in [1.82, 2.24) is 5.06 Å². The first kappa shape index (κ1) is 19.6. The Morgan fingerprint density at radius 3 is 2.19 bits per heavy atom. The maximum Gasteiger partial charge on any atom is 0.525 e. The fourth-order valence-electron chi connectivity index (χ4n) is 2.61. The quantitative estimate of drug-likeness (QED) is 0.427. The highest BCUT2D eigenvalue weighted by Gasteiger charge is 2.51. The number of amides is 2. The van der Waals surface area contributed by atoms with Gasteiger partial charge in [-0.15, -0.1) is 21.1 Å². The highest BCUT2D eigenvalue weighted by Crippen LogP contribution is 2.38. The molecule has 6 nitrogen and oxygen atoms in total. The molecule has 0 atom stereocenters. The lowest BCUT2D eigenvalue weighted by molar-refractivity contribution is -0.0761. The molecule has 0 spiro atoms. The van der Waals surface area contributed by atoms with Gasteiger partial charge in [-0.3, -0.25) is 9.59 Å². The van der Waals surface area contributed by atoms with E-state index in [0.29, 0.717) is 5.39 Å². The topological polar surface area (TPSA) is 80.8 Å². The van der Waals surface area contributed by atoms with Gasteiger partial charge in [0, 0.05) is 15.5 Å². The van der Waals surface area contributed by atoms with E-state index in [2.05, 4.69) is 4.28 Å². The summed E-state index contributed by atoms with van der Waals surface area (Å²) < 4.78 is 64.0. The average molecular weight is 419 g/mol. The van der Waals surface area contributed by atoms with E-state index in [0.717, 1.165) is 4.90 Å². The normalized spacial score (nSPS) is 15.1. The fraction of sp³-hybridized carbons (Fsp3) is 0.250. The Bertz CT molecular complexity index is 1040. The van der Waals surface area contributed by atoms with Gasteiger partial charge in [-0.2, -0.15) is 21.6 Å². The molecule has 0 saturated heterocycles. The number of nitrogens with zero attached hydrogens (tertiary/aromatic N) is 1. The molecule has 0 N–H and O–H groups in total. The van der Waals surface area contributed by atoms with Crippen molar-refractivity contribution in [2.75, 3.05) is 0 Å². The van der Waals surface area contributed by atoms with Crippen molar-refractivity contribution in [2.24, 2.45) is 0 Å². The minimum absolute atomic E-state index is 0.120. The van der Waals surface area contributed by atoms with E-state index in [4.69, 9.17) is 0 Å². The van der Waals surface area contributed by atoms with E-state index >= 15 is 0 Å². The van der Waals surface area contributed by atoms with Crippen molar-refractivity contribution < 1.29 is 35.5 Å². The molecule has 0 aliphatic carbocycles. The third-order valence-corrected chi connectivity index (χ3v) is 5.64. The van der Waals surface area contributed by atoms with Gasteiger partial charge in [0.1, 0.15) is 0 Å². The van der Waals surface area contributed by atoms with Crippen LogP contribution in [0.3, 0.4) is 0 Å². The highest BCUT2D eigenvalue weighted by atomic mass is 32.2. The minimum atomic E-state index is -6.18. The Balaban J connectivity index is 2.15. The molecule has 2 aromatic carbocycles. The summed E-state index contributed by atoms with van der Waals surface area (Å²) >= 11 is 1.48. The second-order valence-corrected chi connectivity index (χ2v) is 9.02. The first-order valence-corrected chi connectivity index (χ1v) is 9.85. The predicted molar refractivity (Wildman–Crippen MR) is 91.5 cm³/mol. The zero-order chi connectivity index (χ0) is 20.1. The van der Waals surface area contributed by atoms with E-state index in [1.165, 1.54) is 30.0 Å². The smallest absolute Gasteiger partial charge is 0.266 e. The number of rotatable bonds is 4. The second kappa shape index (κ2) is 6.50. The average Bonchev–Trinajstić information content (AvgIpc) is 2.56. The Kier molecular flexibility index (Phi) is 4.73. The van der Waals surface area contributed by atoms with Gasteiger partial charge in [0.2, 0.25) is 0 Å². The van der Waals surface area contributed by atoms with Crippen molar-refractivity contribution in [3.8, 4) is 0 Å². The van der Waals surface area contributed by atoms with Crippen molar-refractivity contribution in [1.29, 1.82) is 0 Å². The third kappa shape index (κ3) is 3.30. The Labute approximate surface area is 156 Å². The van der Waals surface area contributed by atoms with E-state index in [-0.39, 0.29) is 26.8 Å². The van der Waals surface area contributed by atoms with Crippen LogP contribution in [0, 0.1) is 0 Å². The summed E-state index contributed by atoms with van der Waals surface area (Å²) in [4.78, 5) is 25.8. The number of benzene rings is 2. The number of thioether (sulfide) groups is 1. The van der Waals surface area contributed by atoms with Gasteiger partial charge in [-0.1, -0.05) is 26.0 Å². The van der Waals surface area contributed by atoms with E-state index in [1.54, 1.807) is 12.1 Å². The largest absolute Gasteiger partial charge is 0.525 e. The van der Waals surface area contributed by atoms with E-state index in [9.17, 15) is 31.2 Å². The van der Waals surface area contributed by atoms with Gasteiger partial charge in [0.25, 0.3) is 11.8 Å². The monoisotopic (exact) mass is 419 g/mol. The van der Waals surface area contributed by atoms with Crippen LogP contribution in [0.25, 0.3) is 10.8 Å². The minimum Gasteiger partial charge on any atom is -0.266 e. The molecule has 0 radical (unpaired) electrons. The standard InChI is InChI=1S/C16H12F3NO5S2/c1-8(2)26-12-7-6-11-13-9(12)4-3-5-10(13)14(21)20(15(11)22)25-27(23,24)16(17,18)19/h3-8H,1-2H3. The van der Waals surface area contributed by atoms with Crippen molar-refractivity contribution in [3.05, 3.63) is 41.5 Å². The number of halogens is 3. The molecule has 11 heteroatoms. The molecule has 0 unspecified atom stereocenters. The van der Waals surface area contributed by atoms with Crippen molar-refractivity contribution >= 4 is 44.5 Å². The second-order valence-electron chi connectivity index (χ2n) is 5.89. The summed E-state index contributed by atoms with van der Waals surface area (Å²) in [6.07, 6.45) is 0. The molecule has 0 aromatic heterocycles. The van der Waals surface area contributed by atoms with Crippen LogP contribution in [-0.2, 0) is 14.4 Å². The van der Waals surface area contributed by atoms with Crippen LogP contribution in [0.2, 0.25) is 0 Å². The highest BCUT2D eigenvalue weighted by molar-refractivity contribution is 8.00. The van der Waals surface area contributed by atoms with E-state index < -0.39 is 27.4 Å². The number of alkyl halides is 3. The number of carbonyl (C=O) groups is 2. The first-order valence-electron chi connectivity index (χ1n) is 7.56. The first-order chi connectivity index (χ1) is 12.4. The number of hydrogen-bond donors (Lipinski definition) is 0. The Morgan fingerprint density at radius 2 is 1.63 bits per heavy atom. The summed E-state index contributed by atoms with van der Waals surface area (Å²) in [6, 6.07) is 7.39. The lowest BCUT2D eigenvalue weighted by atomic mass is 9.95. The molecule has 2 amide bonds. The molecule has 0 fully saturated rings. The molecular weight excluding hydrogens is 407 g/mol. The van der Waals surface area contributed by atoms with Crippen LogP contribution in [0.4, 0.5) is 13.2 Å². The summed E-state index contributed by atoms with van der Waals surface area (Å²) in [6.45, 7) is 3.90. The van der Waals surface area contributed by atoms with E-state index in [1.807, 2.05) is 13.8 Å². The molecule has 0 bridgehead atoms. The number of carbonyl (C=O) groups excluding carboxylic acids is 2. The van der Waals surface area contributed by atoms with Gasteiger partial charge < -0.3 is 0 Å². The molecule has 0 saturated carbocycles. The van der Waals surface area contributed by atoms with Crippen LogP contribution < -0.4 is 0 Å². The number of hydroxylamine groups is 2. The Morgan fingerprint density at radius 1 is 1.04 bits per heavy atom. The fourth-order valence-corrected chi connectivity index (χ4v) is 3.98. The van der Waals surface area contributed by atoms with Gasteiger partial charge in [-0.05, 0) is 23.6 Å². The molecule has 1 aliphatic heterocycles. The van der Waals surface area contributed by atoms with Gasteiger partial charge in [0.05, 0.1) is 11.1 Å². The van der Waals surface area contributed by atoms with Crippen molar-refractivity contribution in [3.63, 3.8) is 0 Å². The summed E-state index contributed by atoms with van der Waals surface area (Å²) in [7, 11) is -6.18. The van der Waals surface area contributed by atoms with Gasteiger partial charge in [0.15, 0.2) is 0 Å². The molecule has 27 heavy (non-hydrogen) atoms. The lowest BCUT2D eigenvalue weighted by Gasteiger charge is -2.26. The molecule has 144 valence electrons. The number of imide groups is 1. The van der Waals surface area contributed by atoms with Crippen LogP contribution in [0.1, 0.15) is 34.6 Å². The van der Waals surface area contributed by atoms with Gasteiger partial charge in [-0.25, -0.2) is 0 Å². The van der Waals surface area contributed by atoms with Crippen LogP contribution in [-0.4, -0.2) is 36.1 Å². The SMILES string of the molecule is CC(C)Sc1ccc2c3c(cccc13)C(=O)N(OS(=O)(=O)C(F)(F)F)C2=O. The van der Waals surface area contributed by atoms with Crippen LogP contribution in [0.15, 0.2) is 35.2 Å². The molecule has 2 aromatic rings. The molecule has 1 heterocycles. The summed E-state index contributed by atoms with van der Waals surface area (Å²) in [5.74, 6) is -2.56. The number of hydrogen-bond acceptors (Lipinski definition) is 6. The third-order valence-electron chi connectivity index (χ3n) is 3.65. The molecular formula is C16H12F3NO5S2. The maximum atomic E-state index is 12.6. The summed E-state index contributed by atoms with van der Waals surface area (Å²) in [5, 5.41) is 0.662. The van der Waals surface area contributed by atoms with Crippen LogP contribution in [0.5, 0.6) is 0 Å². The Hall–Kier alpha value is -2.11.